The summed E-state index contributed by atoms with van der Waals surface area (Å²) in [5.74, 6) is 1.67. The summed E-state index contributed by atoms with van der Waals surface area (Å²) >= 11 is 1.97. The molecule has 1 N–H and O–H groups in total. The van der Waals surface area contributed by atoms with Gasteiger partial charge in [0.2, 0.25) is 0 Å². The Hall–Kier alpha value is -1.26. The maximum Gasteiger partial charge on any atom is 0.0570 e. The fraction of sp³-hybridized carbons (Fsp3) is 0.438. The van der Waals surface area contributed by atoms with Crippen molar-refractivity contribution >= 4 is 11.8 Å². The second-order valence-corrected chi connectivity index (χ2v) is 6.12. The molecule has 1 aliphatic rings. The minimum Gasteiger partial charge on any atom is -0.308 e. The van der Waals surface area contributed by atoms with E-state index in [0.717, 1.165) is 18.8 Å². The van der Waals surface area contributed by atoms with Gasteiger partial charge in [0.15, 0.2) is 0 Å². The first kappa shape index (κ1) is 13.7. The number of nitrogens with one attached hydrogen (secondary N) is 1. The summed E-state index contributed by atoms with van der Waals surface area (Å²) in [4.78, 5) is 1.43. The second kappa shape index (κ2) is 6.02. The first-order valence-corrected chi connectivity index (χ1v) is 8.30. The quantitative estimate of drug-likeness (QED) is 0.913. The highest BCUT2D eigenvalue weighted by molar-refractivity contribution is 7.99. The van der Waals surface area contributed by atoms with Crippen LogP contribution < -0.4 is 5.32 Å². The van der Waals surface area contributed by atoms with Gasteiger partial charge < -0.3 is 5.32 Å². The van der Waals surface area contributed by atoms with Crippen LogP contribution in [-0.2, 0) is 6.54 Å². The number of nitrogens with zero attached hydrogens (tertiary/aromatic N) is 2. The number of fused-ring (bicyclic) bond motifs is 1. The van der Waals surface area contributed by atoms with Gasteiger partial charge >= 0.3 is 0 Å². The molecule has 2 unspecified atom stereocenters. The molecule has 0 bridgehead atoms. The summed E-state index contributed by atoms with van der Waals surface area (Å²) in [6.07, 6.45) is 1.91. The highest BCUT2D eigenvalue weighted by Gasteiger charge is 2.32. The number of hydrogen-bond acceptors (Lipinski definition) is 3. The topological polar surface area (TPSA) is 29.9 Å². The fourth-order valence-electron chi connectivity index (χ4n) is 3.01. The highest BCUT2D eigenvalue weighted by atomic mass is 32.2. The van der Waals surface area contributed by atoms with E-state index in [-0.39, 0.29) is 0 Å². The molecule has 4 heteroatoms. The molecule has 1 aromatic heterocycles. The van der Waals surface area contributed by atoms with Crippen LogP contribution in [0.2, 0.25) is 0 Å². The lowest BCUT2D eigenvalue weighted by molar-refractivity contribution is 0.443. The Morgan fingerprint density at radius 2 is 2.20 bits per heavy atom. The van der Waals surface area contributed by atoms with E-state index in [9.17, 15) is 0 Å². The van der Waals surface area contributed by atoms with Gasteiger partial charge in [-0.15, -0.1) is 11.8 Å². The van der Waals surface area contributed by atoms with E-state index in [4.69, 9.17) is 0 Å². The summed E-state index contributed by atoms with van der Waals surface area (Å²) in [6.45, 7) is 6.22. The van der Waals surface area contributed by atoms with E-state index >= 15 is 0 Å². The Morgan fingerprint density at radius 3 is 3.00 bits per heavy atom. The van der Waals surface area contributed by atoms with E-state index in [1.165, 1.54) is 16.2 Å². The number of thioether (sulfide) groups is 1. The van der Waals surface area contributed by atoms with Crippen molar-refractivity contribution < 1.29 is 0 Å². The molecule has 1 aromatic carbocycles. The Labute approximate surface area is 124 Å². The Bertz CT molecular complexity index is 579. The van der Waals surface area contributed by atoms with Gasteiger partial charge in [-0.1, -0.05) is 25.1 Å². The molecule has 0 fully saturated rings. The standard InChI is InChI=1S/C16H21N3S/c1-3-17-16(14-9-10-18-19(14)4-2)13-11-20-15-8-6-5-7-12(13)15/h5-10,13,16-17H,3-4,11H2,1-2H3. The smallest absolute Gasteiger partial charge is 0.0570 e. The van der Waals surface area contributed by atoms with Crippen LogP contribution in [0.5, 0.6) is 0 Å². The molecule has 0 radical (unpaired) electrons. The molecule has 0 saturated heterocycles. The third-order valence-corrected chi connectivity index (χ3v) is 5.14. The maximum absolute atomic E-state index is 4.44. The van der Waals surface area contributed by atoms with Gasteiger partial charge in [0.25, 0.3) is 0 Å². The van der Waals surface area contributed by atoms with E-state index < -0.39 is 0 Å². The molecule has 0 aliphatic carbocycles. The van der Waals surface area contributed by atoms with Crippen molar-refractivity contribution in [1.29, 1.82) is 0 Å². The predicted molar refractivity (Wildman–Crippen MR) is 84.2 cm³/mol. The summed E-state index contributed by atoms with van der Waals surface area (Å²) in [7, 11) is 0. The van der Waals surface area contributed by atoms with Crippen LogP contribution >= 0.6 is 11.8 Å². The van der Waals surface area contributed by atoms with Gasteiger partial charge in [-0.25, -0.2) is 0 Å². The molecule has 2 aromatic rings. The lowest BCUT2D eigenvalue weighted by Gasteiger charge is -2.25. The van der Waals surface area contributed by atoms with Crippen LogP contribution in [0, 0.1) is 0 Å². The van der Waals surface area contributed by atoms with E-state index in [2.05, 4.69) is 59.3 Å². The summed E-state index contributed by atoms with van der Waals surface area (Å²) in [5.41, 5.74) is 2.78. The second-order valence-electron chi connectivity index (χ2n) is 5.06. The van der Waals surface area contributed by atoms with Crippen LogP contribution in [0.15, 0.2) is 41.4 Å². The van der Waals surface area contributed by atoms with Crippen molar-refractivity contribution in [3.63, 3.8) is 0 Å². The van der Waals surface area contributed by atoms with Gasteiger partial charge in [0.1, 0.15) is 0 Å². The van der Waals surface area contributed by atoms with Gasteiger partial charge in [-0.2, -0.15) is 5.10 Å². The third kappa shape index (κ3) is 2.38. The van der Waals surface area contributed by atoms with Crippen LogP contribution in [0.3, 0.4) is 0 Å². The molecular weight excluding hydrogens is 266 g/mol. The largest absolute Gasteiger partial charge is 0.308 e. The zero-order chi connectivity index (χ0) is 13.9. The molecule has 0 saturated carbocycles. The Balaban J connectivity index is 1.96. The van der Waals surface area contributed by atoms with Crippen LogP contribution in [0.1, 0.15) is 37.1 Å². The molecule has 20 heavy (non-hydrogen) atoms. The number of benzene rings is 1. The van der Waals surface area contributed by atoms with Crippen molar-refractivity contribution in [3.05, 3.63) is 47.8 Å². The highest BCUT2D eigenvalue weighted by Crippen LogP contribution is 2.45. The van der Waals surface area contributed by atoms with Gasteiger partial charge in [0, 0.05) is 29.3 Å². The van der Waals surface area contributed by atoms with Crippen molar-refractivity contribution in [1.82, 2.24) is 15.1 Å². The molecule has 0 spiro atoms. The van der Waals surface area contributed by atoms with Crippen molar-refractivity contribution in [2.75, 3.05) is 12.3 Å². The number of likely N-dealkylation sites (N-methyl/N-ethyl adjacent to an activating group) is 1. The molecule has 106 valence electrons. The number of aryl methyl sites for hydroxylation is 1. The lowest BCUT2D eigenvalue weighted by Crippen LogP contribution is -2.29. The number of rotatable bonds is 5. The minimum absolute atomic E-state index is 0.346. The van der Waals surface area contributed by atoms with Gasteiger partial charge in [-0.3, -0.25) is 4.68 Å². The zero-order valence-electron chi connectivity index (χ0n) is 12.0. The van der Waals surface area contributed by atoms with Crippen molar-refractivity contribution in [3.8, 4) is 0 Å². The lowest BCUT2D eigenvalue weighted by atomic mass is 9.91. The summed E-state index contributed by atoms with van der Waals surface area (Å²) in [6, 6.07) is 11.3. The molecule has 3 rings (SSSR count). The zero-order valence-corrected chi connectivity index (χ0v) is 12.9. The molecule has 3 nitrogen and oxygen atoms in total. The Kier molecular flexibility index (Phi) is 4.13. The van der Waals surface area contributed by atoms with E-state index in [1.807, 2.05) is 18.0 Å². The van der Waals surface area contributed by atoms with Crippen LogP contribution in [0.25, 0.3) is 0 Å². The normalized spacial score (nSPS) is 19.0. The summed E-state index contributed by atoms with van der Waals surface area (Å²) in [5, 5.41) is 8.10. The first-order chi connectivity index (χ1) is 9.85. The molecule has 0 amide bonds. The number of aromatic nitrogens is 2. The summed E-state index contributed by atoms with van der Waals surface area (Å²) < 4.78 is 2.11. The first-order valence-electron chi connectivity index (χ1n) is 7.32. The maximum atomic E-state index is 4.44. The Morgan fingerprint density at radius 1 is 1.35 bits per heavy atom. The monoisotopic (exact) mass is 287 g/mol. The van der Waals surface area contributed by atoms with Gasteiger partial charge in [-0.05, 0) is 31.2 Å². The van der Waals surface area contributed by atoms with Crippen LogP contribution in [0.4, 0.5) is 0 Å². The average Bonchev–Trinajstić information content (AvgIpc) is 3.11. The molecule has 2 atom stereocenters. The minimum atomic E-state index is 0.346. The van der Waals surface area contributed by atoms with E-state index in [0.29, 0.717) is 12.0 Å². The van der Waals surface area contributed by atoms with E-state index in [1.54, 1.807) is 0 Å². The van der Waals surface area contributed by atoms with Gasteiger partial charge in [0.05, 0.1) is 11.7 Å². The SMILES string of the molecule is CCNC(c1ccnn1CC)C1CSc2ccccc21. The van der Waals surface area contributed by atoms with Crippen molar-refractivity contribution in [2.45, 2.75) is 37.2 Å². The average molecular weight is 287 g/mol. The number of hydrogen-bond donors (Lipinski definition) is 1. The predicted octanol–water partition coefficient (Wildman–Crippen LogP) is 3.44. The third-order valence-electron chi connectivity index (χ3n) is 3.93. The molecular formula is C16H21N3S. The fourth-order valence-corrected chi connectivity index (χ4v) is 4.30. The molecule has 2 heterocycles. The molecule has 1 aliphatic heterocycles. The van der Waals surface area contributed by atoms with Crippen LogP contribution in [-0.4, -0.2) is 22.1 Å². The van der Waals surface area contributed by atoms with Crippen molar-refractivity contribution in [2.24, 2.45) is 0 Å².